The van der Waals surface area contributed by atoms with Crippen LogP contribution in [0.3, 0.4) is 0 Å². The Hall–Kier alpha value is -2.26. The highest BCUT2D eigenvalue weighted by molar-refractivity contribution is 6.32. The molecular formula is C16H13ClN2O. The lowest BCUT2D eigenvalue weighted by atomic mass is 10.2. The number of pyridine rings is 1. The number of fused-ring (bicyclic) bond motifs is 1. The molecule has 0 amide bonds. The van der Waals surface area contributed by atoms with Gasteiger partial charge in [0, 0.05) is 11.6 Å². The minimum atomic E-state index is 0.574. The van der Waals surface area contributed by atoms with Crippen LogP contribution in [0.25, 0.3) is 10.9 Å². The number of para-hydroxylation sites is 1. The smallest absolute Gasteiger partial charge is 0.146 e. The number of halogens is 1. The first-order chi connectivity index (χ1) is 9.65. The summed E-state index contributed by atoms with van der Waals surface area (Å²) < 4.78 is 5.93. The number of anilines is 1. The molecular weight excluding hydrogens is 272 g/mol. The highest BCUT2D eigenvalue weighted by atomic mass is 35.5. The molecule has 0 bridgehead atoms. The molecule has 20 heavy (non-hydrogen) atoms. The lowest BCUT2D eigenvalue weighted by molar-refractivity contribution is 0.488. The van der Waals surface area contributed by atoms with Crippen LogP contribution < -0.4 is 10.5 Å². The third kappa shape index (κ3) is 2.28. The molecule has 4 heteroatoms. The summed E-state index contributed by atoms with van der Waals surface area (Å²) in [4.78, 5) is 4.29. The average Bonchev–Trinajstić information content (AvgIpc) is 2.44. The van der Waals surface area contributed by atoms with Crippen LogP contribution in [-0.2, 0) is 0 Å². The minimum absolute atomic E-state index is 0.574. The van der Waals surface area contributed by atoms with E-state index in [1.807, 2.05) is 43.3 Å². The summed E-state index contributed by atoms with van der Waals surface area (Å²) in [6.45, 7) is 1.99. The molecule has 3 aromatic rings. The van der Waals surface area contributed by atoms with Gasteiger partial charge in [-0.2, -0.15) is 0 Å². The first-order valence-electron chi connectivity index (χ1n) is 6.22. The number of ether oxygens (including phenoxy) is 1. The van der Waals surface area contributed by atoms with E-state index in [0.717, 1.165) is 16.5 Å². The molecule has 0 fully saturated rings. The number of nitrogens with zero attached hydrogens (tertiary/aromatic N) is 1. The lowest BCUT2D eigenvalue weighted by Crippen LogP contribution is -1.92. The molecule has 0 atom stereocenters. The molecule has 0 aliphatic heterocycles. The first-order valence-corrected chi connectivity index (χ1v) is 6.60. The molecule has 0 aliphatic carbocycles. The fourth-order valence-electron chi connectivity index (χ4n) is 2.07. The maximum absolute atomic E-state index is 6.16. The van der Waals surface area contributed by atoms with Crippen molar-refractivity contribution in [3.63, 3.8) is 0 Å². The molecule has 1 aromatic heterocycles. The second kappa shape index (κ2) is 5.02. The molecule has 0 radical (unpaired) electrons. The molecule has 0 aliphatic rings. The molecule has 3 rings (SSSR count). The number of nitrogen functional groups attached to an aromatic ring is 1. The van der Waals surface area contributed by atoms with Gasteiger partial charge >= 0.3 is 0 Å². The van der Waals surface area contributed by atoms with Gasteiger partial charge in [-0.15, -0.1) is 0 Å². The predicted molar refractivity (Wildman–Crippen MR) is 82.4 cm³/mol. The Morgan fingerprint density at radius 1 is 1.10 bits per heavy atom. The van der Waals surface area contributed by atoms with E-state index in [2.05, 4.69) is 4.98 Å². The van der Waals surface area contributed by atoms with Gasteiger partial charge in [-0.25, -0.2) is 0 Å². The van der Waals surface area contributed by atoms with Crippen LogP contribution in [0, 0.1) is 6.92 Å². The van der Waals surface area contributed by atoms with Gasteiger partial charge < -0.3 is 10.5 Å². The number of rotatable bonds is 2. The summed E-state index contributed by atoms with van der Waals surface area (Å²) in [5, 5.41) is 1.44. The molecule has 1 heterocycles. The SMILES string of the molecule is Cc1ccc(Cl)c(Oc2ccnc3c(N)cccc23)c1. The number of nitrogens with two attached hydrogens (primary N) is 1. The van der Waals surface area contributed by atoms with Crippen molar-refractivity contribution in [3.8, 4) is 11.5 Å². The summed E-state index contributed by atoms with van der Waals surface area (Å²) >= 11 is 6.16. The van der Waals surface area contributed by atoms with E-state index in [9.17, 15) is 0 Å². The Labute approximate surface area is 122 Å². The molecule has 2 aromatic carbocycles. The zero-order valence-electron chi connectivity index (χ0n) is 10.9. The van der Waals surface area contributed by atoms with Crippen molar-refractivity contribution in [3.05, 3.63) is 59.2 Å². The number of hydrogen-bond donors (Lipinski definition) is 1. The largest absolute Gasteiger partial charge is 0.455 e. The topological polar surface area (TPSA) is 48.1 Å². The normalized spacial score (nSPS) is 10.7. The van der Waals surface area contributed by atoms with Crippen LogP contribution in [-0.4, -0.2) is 4.98 Å². The molecule has 0 unspecified atom stereocenters. The average molecular weight is 285 g/mol. The second-order valence-corrected chi connectivity index (χ2v) is 5.00. The van der Waals surface area contributed by atoms with Crippen molar-refractivity contribution in [1.29, 1.82) is 0 Å². The number of hydrogen-bond acceptors (Lipinski definition) is 3. The van der Waals surface area contributed by atoms with E-state index in [1.165, 1.54) is 0 Å². The fourth-order valence-corrected chi connectivity index (χ4v) is 2.23. The molecule has 0 saturated heterocycles. The van der Waals surface area contributed by atoms with Crippen molar-refractivity contribution in [2.45, 2.75) is 6.92 Å². The summed E-state index contributed by atoms with van der Waals surface area (Å²) in [7, 11) is 0. The summed E-state index contributed by atoms with van der Waals surface area (Å²) in [5.74, 6) is 1.32. The summed E-state index contributed by atoms with van der Waals surface area (Å²) in [5.41, 5.74) is 8.37. The fraction of sp³-hybridized carbons (Fsp3) is 0.0625. The van der Waals surface area contributed by atoms with Crippen LogP contribution in [0.1, 0.15) is 5.56 Å². The van der Waals surface area contributed by atoms with Crippen LogP contribution in [0.15, 0.2) is 48.7 Å². The van der Waals surface area contributed by atoms with Crippen LogP contribution in [0.5, 0.6) is 11.5 Å². The number of aromatic nitrogens is 1. The lowest BCUT2D eigenvalue weighted by Gasteiger charge is -2.11. The number of aryl methyl sites for hydroxylation is 1. The van der Waals surface area contributed by atoms with E-state index in [0.29, 0.717) is 22.2 Å². The van der Waals surface area contributed by atoms with E-state index < -0.39 is 0 Å². The Kier molecular flexibility index (Phi) is 3.20. The van der Waals surface area contributed by atoms with Gasteiger partial charge in [0.1, 0.15) is 11.5 Å². The van der Waals surface area contributed by atoms with Crippen molar-refractivity contribution < 1.29 is 4.74 Å². The molecule has 3 nitrogen and oxygen atoms in total. The van der Waals surface area contributed by atoms with Crippen molar-refractivity contribution in [2.75, 3.05) is 5.73 Å². The zero-order chi connectivity index (χ0) is 14.1. The van der Waals surface area contributed by atoms with Gasteiger partial charge in [0.25, 0.3) is 0 Å². The van der Waals surface area contributed by atoms with Gasteiger partial charge in [0.2, 0.25) is 0 Å². The van der Waals surface area contributed by atoms with Crippen molar-refractivity contribution in [1.82, 2.24) is 4.98 Å². The van der Waals surface area contributed by atoms with E-state index >= 15 is 0 Å². The minimum Gasteiger partial charge on any atom is -0.455 e. The van der Waals surface area contributed by atoms with E-state index in [4.69, 9.17) is 22.1 Å². The quantitative estimate of drug-likeness (QED) is 0.701. The van der Waals surface area contributed by atoms with E-state index in [-0.39, 0.29) is 0 Å². The second-order valence-electron chi connectivity index (χ2n) is 4.59. The van der Waals surface area contributed by atoms with Gasteiger partial charge in [0.05, 0.1) is 16.2 Å². The third-order valence-corrected chi connectivity index (χ3v) is 3.38. The predicted octanol–water partition coefficient (Wildman–Crippen LogP) is 4.57. The summed E-state index contributed by atoms with van der Waals surface area (Å²) in [6, 6.07) is 13.1. The van der Waals surface area contributed by atoms with Crippen molar-refractivity contribution in [2.24, 2.45) is 0 Å². The first kappa shape index (κ1) is 12.8. The zero-order valence-corrected chi connectivity index (χ0v) is 11.7. The van der Waals surface area contributed by atoms with Gasteiger partial charge in [-0.3, -0.25) is 4.98 Å². The maximum atomic E-state index is 6.16. The Morgan fingerprint density at radius 2 is 1.95 bits per heavy atom. The standard InChI is InChI=1S/C16H13ClN2O/c1-10-5-6-12(17)15(9-10)20-14-7-8-19-16-11(14)3-2-4-13(16)18/h2-9H,18H2,1H3. The summed E-state index contributed by atoms with van der Waals surface area (Å²) in [6.07, 6.45) is 1.68. The Bertz CT molecular complexity index is 787. The van der Waals surface area contributed by atoms with Gasteiger partial charge in [0.15, 0.2) is 0 Å². The Balaban J connectivity index is 2.11. The van der Waals surface area contributed by atoms with Crippen LogP contribution in [0.2, 0.25) is 5.02 Å². The molecule has 100 valence electrons. The number of benzene rings is 2. The van der Waals surface area contributed by atoms with Crippen LogP contribution >= 0.6 is 11.6 Å². The maximum Gasteiger partial charge on any atom is 0.146 e. The van der Waals surface area contributed by atoms with E-state index in [1.54, 1.807) is 12.3 Å². The van der Waals surface area contributed by atoms with Gasteiger partial charge in [-0.1, -0.05) is 23.7 Å². The molecule has 0 spiro atoms. The van der Waals surface area contributed by atoms with Gasteiger partial charge in [-0.05, 0) is 42.8 Å². The Morgan fingerprint density at radius 3 is 2.80 bits per heavy atom. The molecule has 2 N–H and O–H groups in total. The highest BCUT2D eigenvalue weighted by Crippen LogP contribution is 2.34. The monoisotopic (exact) mass is 284 g/mol. The third-order valence-electron chi connectivity index (χ3n) is 3.07. The molecule has 0 saturated carbocycles. The van der Waals surface area contributed by atoms with Crippen molar-refractivity contribution >= 4 is 28.2 Å². The highest BCUT2D eigenvalue weighted by Gasteiger charge is 2.08. The van der Waals surface area contributed by atoms with Crippen LogP contribution in [0.4, 0.5) is 5.69 Å².